The highest BCUT2D eigenvalue weighted by atomic mass is 16.5. The minimum Gasteiger partial charge on any atom is -0.494 e. The summed E-state index contributed by atoms with van der Waals surface area (Å²) >= 11 is 0. The molecule has 0 N–H and O–H groups in total. The molecule has 1 aliphatic heterocycles. The number of ether oxygens (including phenoxy) is 2. The minimum absolute atomic E-state index is 0.102. The highest BCUT2D eigenvalue weighted by Crippen LogP contribution is 2.31. The summed E-state index contributed by atoms with van der Waals surface area (Å²) in [5.74, 6) is 1.71. The molecule has 0 aliphatic carbocycles. The van der Waals surface area contributed by atoms with E-state index in [4.69, 9.17) is 14.0 Å². The summed E-state index contributed by atoms with van der Waals surface area (Å²) in [4.78, 5) is 4.47. The Kier molecular flexibility index (Phi) is 4.53. The predicted octanol–water partition coefficient (Wildman–Crippen LogP) is 3.67. The Morgan fingerprint density at radius 1 is 1.10 bits per heavy atom. The van der Waals surface area contributed by atoms with Crippen LogP contribution in [-0.2, 0) is 17.9 Å². The monoisotopic (exact) mass is 389 g/mol. The van der Waals surface area contributed by atoms with Gasteiger partial charge in [0.05, 0.1) is 25.5 Å². The molecule has 1 atom stereocenters. The SMILES string of the molecule is CCOc1ccc([C@H]2Cn3nnc(-c4nc(-c5ccccc5)no4)c3CO2)cc1. The fourth-order valence-electron chi connectivity index (χ4n) is 3.35. The molecule has 5 rings (SSSR count). The van der Waals surface area contributed by atoms with Gasteiger partial charge >= 0.3 is 0 Å². The van der Waals surface area contributed by atoms with E-state index in [1.54, 1.807) is 0 Å². The van der Waals surface area contributed by atoms with Crippen molar-refractivity contribution in [3.63, 3.8) is 0 Å². The van der Waals surface area contributed by atoms with E-state index in [0.29, 0.717) is 37.2 Å². The van der Waals surface area contributed by atoms with Crippen LogP contribution in [0, 0.1) is 0 Å². The average molecular weight is 389 g/mol. The fourth-order valence-corrected chi connectivity index (χ4v) is 3.35. The van der Waals surface area contributed by atoms with Gasteiger partial charge in [-0.2, -0.15) is 4.98 Å². The van der Waals surface area contributed by atoms with Crippen LogP contribution in [0.4, 0.5) is 0 Å². The van der Waals surface area contributed by atoms with Crippen molar-refractivity contribution < 1.29 is 14.0 Å². The molecule has 0 radical (unpaired) electrons. The predicted molar refractivity (Wildman–Crippen MR) is 104 cm³/mol. The standard InChI is InChI=1S/C21H19N5O3/c1-2-27-16-10-8-14(9-11-16)18-12-26-17(13-28-18)19(23-25-26)21-22-20(24-29-21)15-6-4-3-5-7-15/h3-11,18H,2,12-13H2,1H3/t18-/m1/s1. The van der Waals surface area contributed by atoms with Crippen molar-refractivity contribution in [2.24, 2.45) is 0 Å². The van der Waals surface area contributed by atoms with E-state index < -0.39 is 0 Å². The summed E-state index contributed by atoms with van der Waals surface area (Å²) < 4.78 is 18.8. The molecule has 3 heterocycles. The van der Waals surface area contributed by atoms with Crippen LogP contribution in [0.3, 0.4) is 0 Å². The number of aromatic nitrogens is 5. The van der Waals surface area contributed by atoms with Crippen molar-refractivity contribution in [3.8, 4) is 28.7 Å². The van der Waals surface area contributed by atoms with Crippen LogP contribution in [0.5, 0.6) is 5.75 Å². The summed E-state index contributed by atoms with van der Waals surface area (Å²) in [6.07, 6.45) is -0.102. The maximum Gasteiger partial charge on any atom is 0.280 e. The first-order valence-corrected chi connectivity index (χ1v) is 9.48. The quantitative estimate of drug-likeness (QED) is 0.515. The highest BCUT2D eigenvalue weighted by Gasteiger charge is 2.28. The van der Waals surface area contributed by atoms with Gasteiger partial charge < -0.3 is 14.0 Å². The lowest BCUT2D eigenvalue weighted by Crippen LogP contribution is -2.22. The molecule has 29 heavy (non-hydrogen) atoms. The number of fused-ring (bicyclic) bond motifs is 1. The Balaban J connectivity index is 1.36. The third-order valence-electron chi connectivity index (χ3n) is 4.82. The molecule has 0 amide bonds. The minimum atomic E-state index is -0.102. The smallest absolute Gasteiger partial charge is 0.280 e. The molecule has 8 heteroatoms. The summed E-state index contributed by atoms with van der Waals surface area (Å²) in [5, 5.41) is 12.6. The Morgan fingerprint density at radius 3 is 2.72 bits per heavy atom. The van der Waals surface area contributed by atoms with Gasteiger partial charge in [0.25, 0.3) is 5.89 Å². The first-order chi connectivity index (χ1) is 14.3. The summed E-state index contributed by atoms with van der Waals surface area (Å²) in [5.41, 5.74) is 3.34. The molecule has 0 fully saturated rings. The second-order valence-corrected chi connectivity index (χ2v) is 6.66. The van der Waals surface area contributed by atoms with E-state index in [0.717, 1.165) is 22.6 Å². The van der Waals surface area contributed by atoms with E-state index >= 15 is 0 Å². The van der Waals surface area contributed by atoms with E-state index in [2.05, 4.69) is 20.5 Å². The Bertz CT molecular complexity index is 1110. The lowest BCUT2D eigenvalue weighted by atomic mass is 10.1. The lowest BCUT2D eigenvalue weighted by molar-refractivity contribution is -0.00119. The average Bonchev–Trinajstić information content (AvgIpc) is 3.42. The van der Waals surface area contributed by atoms with Crippen LogP contribution >= 0.6 is 0 Å². The van der Waals surface area contributed by atoms with E-state index in [1.807, 2.05) is 66.2 Å². The van der Waals surface area contributed by atoms with Gasteiger partial charge in [0.1, 0.15) is 11.9 Å². The molecule has 2 aromatic heterocycles. The molecule has 2 aromatic carbocycles. The summed E-state index contributed by atoms with van der Waals surface area (Å²) in [6, 6.07) is 17.6. The van der Waals surface area contributed by atoms with E-state index in [-0.39, 0.29) is 6.10 Å². The third-order valence-corrected chi connectivity index (χ3v) is 4.82. The van der Waals surface area contributed by atoms with Crippen LogP contribution < -0.4 is 4.74 Å². The fraction of sp³-hybridized carbons (Fsp3) is 0.238. The molecular formula is C21H19N5O3. The second kappa shape index (κ2) is 7.48. The summed E-state index contributed by atoms with van der Waals surface area (Å²) in [7, 11) is 0. The molecule has 0 bridgehead atoms. The van der Waals surface area contributed by atoms with Crippen LogP contribution in [0.1, 0.15) is 24.3 Å². The van der Waals surface area contributed by atoms with Crippen molar-refractivity contribution in [3.05, 3.63) is 65.9 Å². The molecular weight excluding hydrogens is 370 g/mol. The molecule has 0 saturated heterocycles. The van der Waals surface area contributed by atoms with Gasteiger partial charge in [-0.1, -0.05) is 52.8 Å². The maximum atomic E-state index is 6.07. The first-order valence-electron chi connectivity index (χ1n) is 9.48. The highest BCUT2D eigenvalue weighted by molar-refractivity contribution is 5.58. The normalized spacial score (nSPS) is 15.8. The Hall–Kier alpha value is -3.52. The molecule has 0 saturated carbocycles. The summed E-state index contributed by atoms with van der Waals surface area (Å²) in [6.45, 7) is 3.54. The third kappa shape index (κ3) is 3.38. The molecule has 0 unspecified atom stereocenters. The van der Waals surface area contributed by atoms with E-state index in [1.165, 1.54) is 0 Å². The number of benzene rings is 2. The van der Waals surface area contributed by atoms with Crippen LogP contribution in [-0.4, -0.2) is 31.7 Å². The van der Waals surface area contributed by atoms with Crippen molar-refractivity contribution in [2.75, 3.05) is 6.61 Å². The van der Waals surface area contributed by atoms with Gasteiger partial charge in [-0.3, -0.25) is 0 Å². The van der Waals surface area contributed by atoms with Gasteiger partial charge in [-0.15, -0.1) is 5.10 Å². The zero-order chi connectivity index (χ0) is 19.6. The lowest BCUT2D eigenvalue weighted by Gasteiger charge is -2.24. The van der Waals surface area contributed by atoms with Crippen molar-refractivity contribution >= 4 is 0 Å². The molecule has 4 aromatic rings. The van der Waals surface area contributed by atoms with Gasteiger partial charge in [0.2, 0.25) is 5.82 Å². The Morgan fingerprint density at radius 2 is 1.93 bits per heavy atom. The molecule has 8 nitrogen and oxygen atoms in total. The molecule has 0 spiro atoms. The topological polar surface area (TPSA) is 88.1 Å². The number of rotatable bonds is 5. The van der Waals surface area contributed by atoms with Gasteiger partial charge in [-0.25, -0.2) is 4.68 Å². The van der Waals surface area contributed by atoms with Crippen LogP contribution in [0.2, 0.25) is 0 Å². The second-order valence-electron chi connectivity index (χ2n) is 6.66. The first kappa shape index (κ1) is 17.6. The molecule has 146 valence electrons. The number of hydrogen-bond donors (Lipinski definition) is 0. The van der Waals surface area contributed by atoms with Gasteiger partial charge in [0, 0.05) is 5.56 Å². The van der Waals surface area contributed by atoms with Crippen molar-refractivity contribution in [1.82, 2.24) is 25.1 Å². The largest absolute Gasteiger partial charge is 0.494 e. The van der Waals surface area contributed by atoms with E-state index in [9.17, 15) is 0 Å². The van der Waals surface area contributed by atoms with Crippen LogP contribution in [0.15, 0.2) is 59.1 Å². The number of nitrogens with zero attached hydrogens (tertiary/aromatic N) is 5. The Labute approximate surface area is 167 Å². The molecule has 1 aliphatic rings. The zero-order valence-corrected chi connectivity index (χ0v) is 15.9. The van der Waals surface area contributed by atoms with Crippen molar-refractivity contribution in [1.29, 1.82) is 0 Å². The number of hydrogen-bond acceptors (Lipinski definition) is 7. The zero-order valence-electron chi connectivity index (χ0n) is 15.9. The maximum absolute atomic E-state index is 6.07. The van der Waals surface area contributed by atoms with Gasteiger partial charge in [0.15, 0.2) is 5.69 Å². The van der Waals surface area contributed by atoms with Crippen molar-refractivity contribution in [2.45, 2.75) is 26.2 Å². The van der Waals surface area contributed by atoms with Gasteiger partial charge in [-0.05, 0) is 24.6 Å². The van der Waals surface area contributed by atoms with Crippen LogP contribution in [0.25, 0.3) is 23.0 Å².